The Balaban J connectivity index is 1.91. The van der Waals surface area contributed by atoms with Gasteiger partial charge in [0.1, 0.15) is 5.82 Å². The molecule has 2 rings (SSSR count). The molecule has 0 heterocycles. The van der Waals surface area contributed by atoms with E-state index >= 15 is 0 Å². The third-order valence-electron chi connectivity index (χ3n) is 3.69. The van der Waals surface area contributed by atoms with Gasteiger partial charge in [0.2, 0.25) is 0 Å². The zero-order valence-electron chi connectivity index (χ0n) is 11.2. The number of halogens is 1. The van der Waals surface area contributed by atoms with Crippen molar-refractivity contribution in [2.75, 3.05) is 11.9 Å². The molecule has 2 amide bonds. The van der Waals surface area contributed by atoms with Gasteiger partial charge in [0.15, 0.2) is 0 Å². The Labute approximate surface area is 116 Å². The number of hydrogen-bond acceptors (Lipinski definition) is 2. The molecule has 1 aliphatic rings. The number of hydrogen-bond donors (Lipinski definition) is 3. The van der Waals surface area contributed by atoms with Crippen LogP contribution in [0.25, 0.3) is 0 Å². The van der Waals surface area contributed by atoms with Gasteiger partial charge in [-0.15, -0.1) is 0 Å². The molecule has 0 atom stereocenters. The van der Waals surface area contributed by atoms with Gasteiger partial charge in [-0.2, -0.15) is 0 Å². The summed E-state index contributed by atoms with van der Waals surface area (Å²) in [6.07, 6.45) is 3.37. The summed E-state index contributed by atoms with van der Waals surface area (Å²) in [5.74, 6) is -2.21. The number of carboxylic acids is 1. The predicted octanol–water partition coefficient (Wildman–Crippen LogP) is 2.84. The van der Waals surface area contributed by atoms with Crippen LogP contribution in [0.2, 0.25) is 0 Å². The van der Waals surface area contributed by atoms with Crippen molar-refractivity contribution in [1.29, 1.82) is 0 Å². The molecule has 1 aromatic rings. The summed E-state index contributed by atoms with van der Waals surface area (Å²) in [6, 6.07) is 3.06. The normalized spacial score (nSPS) is 16.1. The number of carbonyl (C=O) groups is 2. The first-order valence-electron chi connectivity index (χ1n) is 6.47. The van der Waals surface area contributed by atoms with Crippen LogP contribution in [-0.4, -0.2) is 23.7 Å². The van der Waals surface area contributed by atoms with Crippen molar-refractivity contribution >= 4 is 17.7 Å². The Morgan fingerprint density at radius 1 is 1.40 bits per heavy atom. The third-order valence-corrected chi connectivity index (χ3v) is 3.69. The molecule has 0 radical (unpaired) electrons. The second-order valence-corrected chi connectivity index (χ2v) is 5.47. The van der Waals surface area contributed by atoms with E-state index in [9.17, 15) is 14.0 Å². The number of rotatable bonds is 4. The summed E-state index contributed by atoms with van der Waals surface area (Å²) in [7, 11) is 0. The van der Waals surface area contributed by atoms with Crippen LogP contribution in [0, 0.1) is 11.2 Å². The van der Waals surface area contributed by atoms with E-state index in [4.69, 9.17) is 5.11 Å². The minimum atomic E-state index is -1.34. The number of anilines is 1. The molecule has 1 saturated carbocycles. The lowest BCUT2D eigenvalue weighted by Gasteiger charge is -2.38. The largest absolute Gasteiger partial charge is 0.478 e. The standard InChI is InChI=1S/C14H17FN2O3/c1-14(5-2-6-14)8-16-13(20)17-9-3-4-10(12(18)19)11(15)7-9/h3-4,7H,2,5-6,8H2,1H3,(H,18,19)(H2,16,17,20). The maximum absolute atomic E-state index is 13.4. The van der Waals surface area contributed by atoms with Crippen LogP contribution in [0.15, 0.2) is 18.2 Å². The lowest BCUT2D eigenvalue weighted by molar-refractivity contribution is 0.0692. The molecular formula is C14H17FN2O3. The van der Waals surface area contributed by atoms with E-state index in [1.54, 1.807) is 0 Å². The number of carbonyl (C=O) groups excluding carboxylic acids is 1. The van der Waals surface area contributed by atoms with Gasteiger partial charge < -0.3 is 15.7 Å². The van der Waals surface area contributed by atoms with E-state index in [2.05, 4.69) is 17.6 Å². The summed E-state index contributed by atoms with van der Waals surface area (Å²) >= 11 is 0. The number of carboxylic acid groups (broad SMARTS) is 1. The van der Waals surface area contributed by atoms with Gasteiger partial charge in [0.05, 0.1) is 5.56 Å². The van der Waals surface area contributed by atoms with Crippen LogP contribution in [0.3, 0.4) is 0 Å². The van der Waals surface area contributed by atoms with E-state index in [1.807, 2.05) is 0 Å². The molecule has 1 fully saturated rings. The average molecular weight is 280 g/mol. The molecule has 0 aromatic heterocycles. The molecule has 0 unspecified atom stereocenters. The molecule has 6 heteroatoms. The van der Waals surface area contributed by atoms with E-state index in [-0.39, 0.29) is 11.1 Å². The summed E-state index contributed by atoms with van der Waals surface area (Å²) < 4.78 is 13.4. The Hall–Kier alpha value is -2.11. The molecule has 5 nitrogen and oxygen atoms in total. The van der Waals surface area contributed by atoms with Gasteiger partial charge in [-0.25, -0.2) is 14.0 Å². The Morgan fingerprint density at radius 3 is 2.60 bits per heavy atom. The highest BCUT2D eigenvalue weighted by Gasteiger charge is 2.31. The summed E-state index contributed by atoms with van der Waals surface area (Å²) in [4.78, 5) is 22.3. The van der Waals surface area contributed by atoms with Crippen LogP contribution < -0.4 is 10.6 Å². The summed E-state index contributed by atoms with van der Waals surface area (Å²) in [6.45, 7) is 2.69. The number of aromatic carboxylic acids is 1. The third kappa shape index (κ3) is 3.26. The molecule has 1 aliphatic carbocycles. The highest BCUT2D eigenvalue weighted by Crippen LogP contribution is 2.39. The average Bonchev–Trinajstić information content (AvgIpc) is 2.33. The topological polar surface area (TPSA) is 78.4 Å². The van der Waals surface area contributed by atoms with Gasteiger partial charge in [-0.3, -0.25) is 0 Å². The van der Waals surface area contributed by atoms with Gasteiger partial charge in [0.25, 0.3) is 0 Å². The number of benzene rings is 1. The van der Waals surface area contributed by atoms with Crippen LogP contribution in [-0.2, 0) is 0 Å². The highest BCUT2D eigenvalue weighted by atomic mass is 19.1. The lowest BCUT2D eigenvalue weighted by atomic mass is 9.70. The molecule has 108 valence electrons. The van der Waals surface area contributed by atoms with Crippen molar-refractivity contribution in [3.63, 3.8) is 0 Å². The first-order chi connectivity index (χ1) is 9.39. The minimum Gasteiger partial charge on any atom is -0.478 e. The number of urea groups is 1. The summed E-state index contributed by atoms with van der Waals surface area (Å²) in [5.41, 5.74) is -0.0304. The zero-order valence-corrected chi connectivity index (χ0v) is 11.2. The SMILES string of the molecule is CC1(CNC(=O)Nc2ccc(C(=O)O)c(F)c2)CCC1. The highest BCUT2D eigenvalue weighted by molar-refractivity contribution is 5.91. The lowest BCUT2D eigenvalue weighted by Crippen LogP contribution is -2.41. The molecule has 0 bridgehead atoms. The van der Waals surface area contributed by atoms with Crippen LogP contribution in [0.5, 0.6) is 0 Å². The Morgan fingerprint density at radius 2 is 2.10 bits per heavy atom. The first kappa shape index (κ1) is 14.3. The van der Waals surface area contributed by atoms with Gasteiger partial charge in [-0.05, 0) is 36.5 Å². The molecule has 1 aromatic carbocycles. The smallest absolute Gasteiger partial charge is 0.338 e. The molecule has 0 spiro atoms. The number of nitrogens with one attached hydrogen (secondary N) is 2. The van der Waals surface area contributed by atoms with Crippen molar-refractivity contribution < 1.29 is 19.1 Å². The summed E-state index contributed by atoms with van der Waals surface area (Å²) in [5, 5.41) is 13.9. The first-order valence-corrected chi connectivity index (χ1v) is 6.47. The molecule has 3 N–H and O–H groups in total. The Kier molecular flexibility index (Phi) is 3.92. The van der Waals surface area contributed by atoms with E-state index < -0.39 is 23.4 Å². The fourth-order valence-electron chi connectivity index (χ4n) is 2.19. The van der Waals surface area contributed by atoms with E-state index in [0.29, 0.717) is 6.54 Å². The van der Waals surface area contributed by atoms with Gasteiger partial charge in [0, 0.05) is 12.2 Å². The maximum Gasteiger partial charge on any atom is 0.338 e. The second-order valence-electron chi connectivity index (χ2n) is 5.47. The molecule has 0 aliphatic heterocycles. The minimum absolute atomic E-state index is 0.162. The van der Waals surface area contributed by atoms with Gasteiger partial charge >= 0.3 is 12.0 Å². The fraction of sp³-hybridized carbons (Fsp3) is 0.429. The van der Waals surface area contributed by atoms with Crippen LogP contribution >= 0.6 is 0 Å². The number of amides is 2. The fourth-order valence-corrected chi connectivity index (χ4v) is 2.19. The maximum atomic E-state index is 13.4. The predicted molar refractivity (Wildman–Crippen MR) is 72.3 cm³/mol. The van der Waals surface area contributed by atoms with Crippen molar-refractivity contribution in [3.8, 4) is 0 Å². The van der Waals surface area contributed by atoms with Crippen molar-refractivity contribution in [2.24, 2.45) is 5.41 Å². The molecule has 0 saturated heterocycles. The quantitative estimate of drug-likeness (QED) is 0.793. The monoisotopic (exact) mass is 280 g/mol. The van der Waals surface area contributed by atoms with Crippen LogP contribution in [0.4, 0.5) is 14.9 Å². The van der Waals surface area contributed by atoms with E-state index in [1.165, 1.54) is 12.5 Å². The van der Waals surface area contributed by atoms with Crippen molar-refractivity contribution in [2.45, 2.75) is 26.2 Å². The zero-order chi connectivity index (χ0) is 14.8. The van der Waals surface area contributed by atoms with Gasteiger partial charge in [-0.1, -0.05) is 13.3 Å². The Bertz CT molecular complexity index is 541. The molecule has 20 heavy (non-hydrogen) atoms. The van der Waals surface area contributed by atoms with Crippen LogP contribution in [0.1, 0.15) is 36.5 Å². The van der Waals surface area contributed by atoms with E-state index in [0.717, 1.165) is 25.0 Å². The van der Waals surface area contributed by atoms with Crippen molar-refractivity contribution in [3.05, 3.63) is 29.6 Å². The molecular weight excluding hydrogens is 263 g/mol. The second kappa shape index (κ2) is 5.48. The van der Waals surface area contributed by atoms with Crippen molar-refractivity contribution in [1.82, 2.24) is 5.32 Å².